The maximum Gasteiger partial charge on any atom is 0.0679 e. The Morgan fingerprint density at radius 3 is 2.64 bits per heavy atom. The molecule has 0 aromatic rings. The zero-order valence-corrected chi connectivity index (χ0v) is 8.82. The van der Waals surface area contributed by atoms with Crippen molar-refractivity contribution in [1.29, 1.82) is 0 Å². The van der Waals surface area contributed by atoms with Crippen LogP contribution in [0.5, 0.6) is 0 Å². The fraction of sp³-hybridized carbons (Fsp3) is 1.00. The van der Waals surface area contributed by atoms with Crippen LogP contribution in [0.15, 0.2) is 0 Å². The largest absolute Gasteiger partial charge is 0.392 e. The van der Waals surface area contributed by atoms with E-state index in [9.17, 15) is 5.11 Å². The van der Waals surface area contributed by atoms with Crippen molar-refractivity contribution < 1.29 is 9.84 Å². The smallest absolute Gasteiger partial charge is 0.0679 e. The lowest BCUT2D eigenvalue weighted by Gasteiger charge is -2.24. The van der Waals surface area contributed by atoms with Crippen molar-refractivity contribution in [1.82, 2.24) is 4.90 Å². The van der Waals surface area contributed by atoms with Crippen molar-refractivity contribution in [3.8, 4) is 0 Å². The first kappa shape index (κ1) is 10.4. The quantitative estimate of drug-likeness (QED) is 0.732. The summed E-state index contributed by atoms with van der Waals surface area (Å²) in [7, 11) is 0. The Bertz CT molecular complexity index is 164. The van der Waals surface area contributed by atoms with Gasteiger partial charge in [0, 0.05) is 26.3 Å². The van der Waals surface area contributed by atoms with Crippen LogP contribution in [0.3, 0.4) is 0 Å². The maximum atomic E-state index is 9.37. The monoisotopic (exact) mass is 199 g/mol. The number of hydrogen-bond acceptors (Lipinski definition) is 3. The van der Waals surface area contributed by atoms with Gasteiger partial charge in [0.25, 0.3) is 0 Å². The van der Waals surface area contributed by atoms with Gasteiger partial charge in [-0.3, -0.25) is 0 Å². The summed E-state index contributed by atoms with van der Waals surface area (Å²) in [6.45, 7) is 5.05. The molecule has 3 heteroatoms. The number of hydrogen-bond donors (Lipinski definition) is 1. The summed E-state index contributed by atoms with van der Waals surface area (Å²) in [5, 5.41) is 9.37. The summed E-state index contributed by atoms with van der Waals surface area (Å²) in [5.74, 6) is 0.862. The van der Waals surface area contributed by atoms with Gasteiger partial charge in [-0.1, -0.05) is 0 Å². The van der Waals surface area contributed by atoms with Crippen LogP contribution in [0.2, 0.25) is 0 Å². The zero-order valence-electron chi connectivity index (χ0n) is 8.82. The summed E-state index contributed by atoms with van der Waals surface area (Å²) >= 11 is 0. The average Bonchev–Trinajstić information content (AvgIpc) is 2.63. The normalized spacial score (nSPS) is 31.1. The molecule has 2 aliphatic heterocycles. The number of rotatable bonds is 3. The number of β-amino-alcohol motifs (C(OH)–C–C–N with tert-alkyl or cyclic N) is 1. The number of aliphatic hydroxyl groups is 1. The van der Waals surface area contributed by atoms with Gasteiger partial charge in [-0.25, -0.2) is 0 Å². The molecule has 2 fully saturated rings. The number of ether oxygens (including phenoxy) is 1. The molecule has 0 aromatic carbocycles. The summed E-state index contributed by atoms with van der Waals surface area (Å²) in [4.78, 5) is 2.39. The molecule has 82 valence electrons. The molecule has 0 bridgehead atoms. The molecule has 0 saturated carbocycles. The van der Waals surface area contributed by atoms with E-state index in [1.54, 1.807) is 0 Å². The van der Waals surface area contributed by atoms with E-state index in [1.165, 1.54) is 25.8 Å². The SMILES string of the molecule is O[C@H]1CCN(CCC2CCOCC2)C1. The molecule has 0 spiro atoms. The predicted octanol–water partition coefficient (Wildman–Crippen LogP) is 0.870. The van der Waals surface area contributed by atoms with Crippen LogP contribution in [0.4, 0.5) is 0 Å². The van der Waals surface area contributed by atoms with Gasteiger partial charge < -0.3 is 14.7 Å². The lowest BCUT2D eigenvalue weighted by Crippen LogP contribution is -2.26. The van der Waals surface area contributed by atoms with E-state index in [4.69, 9.17) is 4.74 Å². The standard InChI is InChI=1S/C11H21NO2/c13-11-2-6-12(9-11)5-1-10-3-7-14-8-4-10/h10-11,13H,1-9H2/t11-/m0/s1. The van der Waals surface area contributed by atoms with Gasteiger partial charge in [-0.05, 0) is 38.1 Å². The Hall–Kier alpha value is -0.120. The minimum atomic E-state index is -0.0651. The number of likely N-dealkylation sites (tertiary alicyclic amines) is 1. The summed E-state index contributed by atoms with van der Waals surface area (Å²) < 4.78 is 5.33. The van der Waals surface area contributed by atoms with E-state index < -0.39 is 0 Å². The highest BCUT2D eigenvalue weighted by atomic mass is 16.5. The van der Waals surface area contributed by atoms with Gasteiger partial charge in [0.15, 0.2) is 0 Å². The second-order valence-corrected chi connectivity index (χ2v) is 4.59. The first-order valence-corrected chi connectivity index (χ1v) is 5.83. The molecule has 2 rings (SSSR count). The fourth-order valence-corrected chi connectivity index (χ4v) is 2.42. The first-order valence-electron chi connectivity index (χ1n) is 5.83. The second-order valence-electron chi connectivity index (χ2n) is 4.59. The van der Waals surface area contributed by atoms with Crippen LogP contribution >= 0.6 is 0 Å². The van der Waals surface area contributed by atoms with E-state index in [1.807, 2.05) is 0 Å². The summed E-state index contributed by atoms with van der Waals surface area (Å²) in [6.07, 6.45) is 4.65. The summed E-state index contributed by atoms with van der Waals surface area (Å²) in [6, 6.07) is 0. The van der Waals surface area contributed by atoms with Crippen LogP contribution in [0, 0.1) is 5.92 Å². The molecular weight excluding hydrogens is 178 g/mol. The molecule has 2 saturated heterocycles. The van der Waals surface area contributed by atoms with Crippen LogP contribution < -0.4 is 0 Å². The zero-order chi connectivity index (χ0) is 9.80. The van der Waals surface area contributed by atoms with Gasteiger partial charge in [-0.2, -0.15) is 0 Å². The lowest BCUT2D eigenvalue weighted by molar-refractivity contribution is 0.0604. The third-order valence-electron chi connectivity index (χ3n) is 3.44. The first-order chi connectivity index (χ1) is 6.84. The topological polar surface area (TPSA) is 32.7 Å². The Labute approximate surface area is 86.0 Å². The molecule has 0 aliphatic carbocycles. The third-order valence-corrected chi connectivity index (χ3v) is 3.44. The molecule has 0 unspecified atom stereocenters. The number of nitrogens with zero attached hydrogens (tertiary/aromatic N) is 1. The molecule has 0 amide bonds. The second kappa shape index (κ2) is 5.10. The van der Waals surface area contributed by atoms with Gasteiger partial charge in [0.05, 0.1) is 6.10 Å². The molecule has 1 N–H and O–H groups in total. The highest BCUT2D eigenvalue weighted by Crippen LogP contribution is 2.20. The minimum Gasteiger partial charge on any atom is -0.392 e. The van der Waals surface area contributed by atoms with Crippen molar-refractivity contribution in [3.63, 3.8) is 0 Å². The molecule has 2 heterocycles. The van der Waals surface area contributed by atoms with E-state index >= 15 is 0 Å². The minimum absolute atomic E-state index is 0.0651. The molecular formula is C11H21NO2. The number of aliphatic hydroxyl groups excluding tert-OH is 1. The lowest BCUT2D eigenvalue weighted by atomic mass is 9.96. The van der Waals surface area contributed by atoms with Gasteiger partial charge in [-0.15, -0.1) is 0 Å². The summed E-state index contributed by atoms with van der Waals surface area (Å²) in [5.41, 5.74) is 0. The predicted molar refractivity (Wildman–Crippen MR) is 55.2 cm³/mol. The highest BCUT2D eigenvalue weighted by molar-refractivity contribution is 4.75. The van der Waals surface area contributed by atoms with Crippen molar-refractivity contribution >= 4 is 0 Å². The highest BCUT2D eigenvalue weighted by Gasteiger charge is 2.21. The maximum absolute atomic E-state index is 9.37. The van der Waals surface area contributed by atoms with Gasteiger partial charge >= 0.3 is 0 Å². The van der Waals surface area contributed by atoms with Crippen LogP contribution in [-0.2, 0) is 4.74 Å². The van der Waals surface area contributed by atoms with E-state index in [2.05, 4.69) is 4.90 Å². The molecule has 0 aromatic heterocycles. The van der Waals surface area contributed by atoms with Gasteiger partial charge in [0.2, 0.25) is 0 Å². The fourth-order valence-electron chi connectivity index (χ4n) is 2.42. The van der Waals surface area contributed by atoms with Crippen LogP contribution in [0.1, 0.15) is 25.7 Å². The van der Waals surface area contributed by atoms with Crippen molar-refractivity contribution in [3.05, 3.63) is 0 Å². The average molecular weight is 199 g/mol. The molecule has 1 atom stereocenters. The Morgan fingerprint density at radius 1 is 1.21 bits per heavy atom. The van der Waals surface area contributed by atoms with Gasteiger partial charge in [0.1, 0.15) is 0 Å². The Morgan fingerprint density at radius 2 is 2.00 bits per heavy atom. The van der Waals surface area contributed by atoms with Crippen LogP contribution in [0.25, 0.3) is 0 Å². The Balaban J connectivity index is 1.61. The molecule has 3 nitrogen and oxygen atoms in total. The molecule has 14 heavy (non-hydrogen) atoms. The van der Waals surface area contributed by atoms with E-state index in [-0.39, 0.29) is 6.10 Å². The van der Waals surface area contributed by atoms with E-state index in [0.29, 0.717) is 0 Å². The van der Waals surface area contributed by atoms with Crippen molar-refractivity contribution in [2.75, 3.05) is 32.8 Å². The van der Waals surface area contributed by atoms with Crippen molar-refractivity contribution in [2.45, 2.75) is 31.8 Å². The molecule has 0 radical (unpaired) electrons. The van der Waals surface area contributed by atoms with E-state index in [0.717, 1.165) is 38.6 Å². The van der Waals surface area contributed by atoms with Crippen LogP contribution in [-0.4, -0.2) is 49.0 Å². The molecule has 2 aliphatic rings. The third kappa shape index (κ3) is 2.94. The van der Waals surface area contributed by atoms with Crippen molar-refractivity contribution in [2.24, 2.45) is 5.92 Å². The Kier molecular flexibility index (Phi) is 3.79.